The highest BCUT2D eigenvalue weighted by Gasteiger charge is 2.22. The van der Waals surface area contributed by atoms with Crippen LogP contribution in [0.1, 0.15) is 44.9 Å². The van der Waals surface area contributed by atoms with Crippen LogP contribution in [0.15, 0.2) is 18.5 Å². The third kappa shape index (κ3) is 4.03. The van der Waals surface area contributed by atoms with Gasteiger partial charge in [0.2, 0.25) is 0 Å². The number of nitrogens with zero attached hydrogens (tertiary/aromatic N) is 3. The van der Waals surface area contributed by atoms with Crippen molar-refractivity contribution in [2.45, 2.75) is 57.7 Å². The first-order valence-corrected chi connectivity index (χ1v) is 6.93. The molecule has 0 bridgehead atoms. The Balaban J connectivity index is 2.01. The second-order valence-electron chi connectivity index (χ2n) is 5.22. The van der Waals surface area contributed by atoms with Crippen LogP contribution in [0.4, 0.5) is 0 Å². The molecule has 100 valence electrons. The molecule has 18 heavy (non-hydrogen) atoms. The van der Waals surface area contributed by atoms with Gasteiger partial charge < -0.3 is 5.11 Å². The van der Waals surface area contributed by atoms with Crippen LogP contribution < -0.4 is 0 Å². The first-order chi connectivity index (χ1) is 8.75. The van der Waals surface area contributed by atoms with Gasteiger partial charge in [0.1, 0.15) is 5.82 Å². The summed E-state index contributed by atoms with van der Waals surface area (Å²) in [5.74, 6) is 0.884. The van der Waals surface area contributed by atoms with E-state index in [-0.39, 0.29) is 6.10 Å². The molecule has 0 aliphatic carbocycles. The first kappa shape index (κ1) is 13.4. The monoisotopic (exact) mass is 249 g/mol. The topological polar surface area (TPSA) is 49.2 Å². The summed E-state index contributed by atoms with van der Waals surface area (Å²) in [5, 5.41) is 9.62. The molecule has 2 unspecified atom stereocenters. The van der Waals surface area contributed by atoms with Crippen LogP contribution in [0.5, 0.6) is 0 Å². The van der Waals surface area contributed by atoms with Gasteiger partial charge in [-0.2, -0.15) is 0 Å². The summed E-state index contributed by atoms with van der Waals surface area (Å²) in [5.41, 5.74) is 0. The lowest BCUT2D eigenvalue weighted by Crippen LogP contribution is -2.36. The molecule has 0 spiro atoms. The fourth-order valence-corrected chi connectivity index (χ4v) is 2.70. The van der Waals surface area contributed by atoms with Gasteiger partial charge in [0.15, 0.2) is 0 Å². The normalized spacial score (nSPS) is 23.6. The van der Waals surface area contributed by atoms with Gasteiger partial charge in [-0.1, -0.05) is 12.8 Å². The summed E-state index contributed by atoms with van der Waals surface area (Å²) in [6.45, 7) is 3.77. The van der Waals surface area contributed by atoms with E-state index in [9.17, 15) is 5.11 Å². The lowest BCUT2D eigenvalue weighted by atomic mass is 10.0. The van der Waals surface area contributed by atoms with E-state index in [1.54, 1.807) is 12.4 Å². The van der Waals surface area contributed by atoms with Crippen molar-refractivity contribution in [1.82, 2.24) is 14.9 Å². The van der Waals surface area contributed by atoms with Crippen molar-refractivity contribution in [1.29, 1.82) is 0 Å². The number of rotatable bonds is 4. The Labute approximate surface area is 109 Å². The highest BCUT2D eigenvalue weighted by atomic mass is 16.3. The minimum absolute atomic E-state index is 0.229. The number of likely N-dealkylation sites (tertiary alicyclic amines) is 1. The van der Waals surface area contributed by atoms with Gasteiger partial charge in [-0.05, 0) is 38.8 Å². The van der Waals surface area contributed by atoms with E-state index in [0.717, 1.165) is 25.3 Å². The standard InChI is InChI=1S/C14H23N3O/c1-12(18)10-13-6-3-2-4-9-17(13)11-14-15-7-5-8-16-14/h5,7-8,12-13,18H,2-4,6,9-11H2,1H3. The summed E-state index contributed by atoms with van der Waals surface area (Å²) in [6.07, 6.45) is 9.19. The van der Waals surface area contributed by atoms with Crippen molar-refractivity contribution < 1.29 is 5.11 Å². The largest absolute Gasteiger partial charge is 0.393 e. The maximum atomic E-state index is 9.62. The molecule has 0 amide bonds. The Hall–Kier alpha value is -1.00. The van der Waals surface area contributed by atoms with Crippen LogP contribution in [-0.4, -0.2) is 38.7 Å². The van der Waals surface area contributed by atoms with E-state index in [1.165, 1.54) is 25.7 Å². The molecule has 4 heteroatoms. The smallest absolute Gasteiger partial charge is 0.142 e. The molecule has 1 aliphatic heterocycles. The predicted molar refractivity (Wildman–Crippen MR) is 71.0 cm³/mol. The van der Waals surface area contributed by atoms with Crippen molar-refractivity contribution in [2.24, 2.45) is 0 Å². The summed E-state index contributed by atoms with van der Waals surface area (Å²) < 4.78 is 0. The third-order valence-electron chi connectivity index (χ3n) is 3.58. The maximum Gasteiger partial charge on any atom is 0.142 e. The molecular formula is C14H23N3O. The molecule has 1 fully saturated rings. The van der Waals surface area contributed by atoms with Gasteiger partial charge in [-0.15, -0.1) is 0 Å². The zero-order valence-electron chi connectivity index (χ0n) is 11.1. The molecule has 2 heterocycles. The van der Waals surface area contributed by atoms with Crippen LogP contribution in [-0.2, 0) is 6.54 Å². The van der Waals surface area contributed by atoms with E-state index in [0.29, 0.717) is 6.04 Å². The van der Waals surface area contributed by atoms with Crippen molar-refractivity contribution >= 4 is 0 Å². The van der Waals surface area contributed by atoms with E-state index in [2.05, 4.69) is 14.9 Å². The Kier molecular flexibility index (Phi) is 5.08. The molecule has 0 radical (unpaired) electrons. The van der Waals surface area contributed by atoms with Gasteiger partial charge >= 0.3 is 0 Å². The molecule has 0 saturated carbocycles. The third-order valence-corrected chi connectivity index (χ3v) is 3.58. The fraction of sp³-hybridized carbons (Fsp3) is 0.714. The van der Waals surface area contributed by atoms with E-state index in [4.69, 9.17) is 0 Å². The van der Waals surface area contributed by atoms with Gasteiger partial charge in [0.05, 0.1) is 12.6 Å². The Morgan fingerprint density at radius 1 is 1.33 bits per heavy atom. The lowest BCUT2D eigenvalue weighted by Gasteiger charge is -2.30. The number of hydrogen-bond donors (Lipinski definition) is 1. The highest BCUT2D eigenvalue weighted by Crippen LogP contribution is 2.21. The molecule has 0 aromatic carbocycles. The first-order valence-electron chi connectivity index (χ1n) is 6.93. The Bertz CT molecular complexity index is 342. The Morgan fingerprint density at radius 3 is 2.83 bits per heavy atom. The zero-order chi connectivity index (χ0) is 12.8. The number of hydrogen-bond acceptors (Lipinski definition) is 4. The molecule has 1 N–H and O–H groups in total. The number of aliphatic hydroxyl groups is 1. The summed E-state index contributed by atoms with van der Waals surface area (Å²) in [6, 6.07) is 2.32. The molecule has 1 saturated heterocycles. The summed E-state index contributed by atoms with van der Waals surface area (Å²) in [7, 11) is 0. The van der Waals surface area contributed by atoms with Gasteiger partial charge in [-0.3, -0.25) is 4.90 Å². The molecule has 1 aromatic rings. The van der Waals surface area contributed by atoms with Gasteiger partial charge in [0.25, 0.3) is 0 Å². The molecule has 2 rings (SSSR count). The van der Waals surface area contributed by atoms with Crippen molar-refractivity contribution in [3.8, 4) is 0 Å². The summed E-state index contributed by atoms with van der Waals surface area (Å²) >= 11 is 0. The van der Waals surface area contributed by atoms with Gasteiger partial charge in [-0.25, -0.2) is 9.97 Å². The minimum atomic E-state index is -0.229. The molecule has 4 nitrogen and oxygen atoms in total. The molecular weight excluding hydrogens is 226 g/mol. The molecule has 1 aliphatic rings. The van der Waals surface area contributed by atoms with Crippen molar-refractivity contribution in [3.63, 3.8) is 0 Å². The van der Waals surface area contributed by atoms with Crippen LogP contribution in [0, 0.1) is 0 Å². The second-order valence-corrected chi connectivity index (χ2v) is 5.22. The number of aromatic nitrogens is 2. The maximum absolute atomic E-state index is 9.62. The molecule has 2 atom stereocenters. The average molecular weight is 249 g/mol. The van der Waals surface area contributed by atoms with Crippen LogP contribution in [0.2, 0.25) is 0 Å². The zero-order valence-corrected chi connectivity index (χ0v) is 11.1. The average Bonchev–Trinajstić information content (AvgIpc) is 2.56. The Morgan fingerprint density at radius 2 is 2.11 bits per heavy atom. The highest BCUT2D eigenvalue weighted by molar-refractivity contribution is 4.90. The van der Waals surface area contributed by atoms with Crippen molar-refractivity contribution in [2.75, 3.05) is 6.54 Å². The SMILES string of the molecule is CC(O)CC1CCCCCN1Cc1ncccn1. The molecule has 1 aromatic heterocycles. The minimum Gasteiger partial charge on any atom is -0.393 e. The second kappa shape index (κ2) is 6.81. The lowest BCUT2D eigenvalue weighted by molar-refractivity contribution is 0.106. The van der Waals surface area contributed by atoms with Crippen LogP contribution >= 0.6 is 0 Å². The van der Waals surface area contributed by atoms with Crippen LogP contribution in [0.25, 0.3) is 0 Å². The van der Waals surface area contributed by atoms with E-state index < -0.39 is 0 Å². The van der Waals surface area contributed by atoms with Crippen LogP contribution in [0.3, 0.4) is 0 Å². The number of aliphatic hydroxyl groups excluding tert-OH is 1. The van der Waals surface area contributed by atoms with Crippen molar-refractivity contribution in [3.05, 3.63) is 24.3 Å². The predicted octanol–water partition coefficient (Wildman–Crippen LogP) is 1.99. The van der Waals surface area contributed by atoms with Gasteiger partial charge in [0, 0.05) is 18.4 Å². The van der Waals surface area contributed by atoms with E-state index in [1.807, 2.05) is 13.0 Å². The summed E-state index contributed by atoms with van der Waals surface area (Å²) in [4.78, 5) is 11.0. The quantitative estimate of drug-likeness (QED) is 0.886. The van der Waals surface area contributed by atoms with E-state index >= 15 is 0 Å². The fourth-order valence-electron chi connectivity index (χ4n) is 2.70.